The minimum atomic E-state index is -0.858. The van der Waals surface area contributed by atoms with Gasteiger partial charge in [-0.05, 0) is 35.1 Å². The first-order valence-electron chi connectivity index (χ1n) is 12.5. The number of hydrogen-bond donors (Lipinski definition) is 2. The summed E-state index contributed by atoms with van der Waals surface area (Å²) in [5.41, 5.74) is 3.80. The van der Waals surface area contributed by atoms with Gasteiger partial charge in [-0.1, -0.05) is 75.2 Å². The summed E-state index contributed by atoms with van der Waals surface area (Å²) < 4.78 is 5.66. The number of aliphatic carboxylic acids is 1. The second-order valence-corrected chi connectivity index (χ2v) is 9.70. The highest BCUT2D eigenvalue weighted by molar-refractivity contribution is 5.84. The zero-order valence-electron chi connectivity index (χ0n) is 20.5. The zero-order valence-corrected chi connectivity index (χ0v) is 20.5. The molecule has 7 nitrogen and oxygen atoms in total. The fourth-order valence-electron chi connectivity index (χ4n) is 5.19. The topological polar surface area (TPSA) is 95.9 Å². The Kier molecular flexibility index (Phi) is 7.43. The van der Waals surface area contributed by atoms with E-state index in [1.807, 2.05) is 31.2 Å². The van der Waals surface area contributed by atoms with Crippen LogP contribution in [-0.4, -0.2) is 53.7 Å². The normalized spacial score (nSPS) is 16.6. The number of fused-ring (bicyclic) bond motifs is 3. The van der Waals surface area contributed by atoms with Gasteiger partial charge in [0.05, 0.1) is 0 Å². The third-order valence-electron chi connectivity index (χ3n) is 7.46. The number of alkyl carbamates (subject to hydrolysis) is 1. The number of carbonyl (C=O) groups is 3. The number of unbranched alkanes of at least 4 members (excludes halogenated alkanes) is 1. The van der Waals surface area contributed by atoms with Crippen molar-refractivity contribution in [2.45, 2.75) is 57.9 Å². The molecule has 0 aromatic heterocycles. The summed E-state index contributed by atoms with van der Waals surface area (Å²) in [6.07, 6.45) is 2.58. The van der Waals surface area contributed by atoms with E-state index in [0.29, 0.717) is 12.8 Å². The predicted molar refractivity (Wildman–Crippen MR) is 133 cm³/mol. The summed E-state index contributed by atoms with van der Waals surface area (Å²) in [5, 5.41) is 12.4. The average Bonchev–Trinajstić information content (AvgIpc) is 3.14. The number of carboxylic acids is 1. The molecule has 2 N–H and O–H groups in total. The fourth-order valence-corrected chi connectivity index (χ4v) is 5.19. The first-order valence-corrected chi connectivity index (χ1v) is 12.5. The molecule has 7 heteroatoms. The number of nitrogens with zero attached hydrogens (tertiary/aromatic N) is 1. The predicted octanol–water partition coefficient (Wildman–Crippen LogP) is 4.80. The molecule has 1 aliphatic heterocycles. The molecule has 2 aromatic rings. The lowest BCUT2D eigenvalue weighted by molar-refractivity contribution is -0.166. The minimum absolute atomic E-state index is 0.0249. The van der Waals surface area contributed by atoms with Gasteiger partial charge in [-0.3, -0.25) is 9.59 Å². The number of likely N-dealkylation sites (tertiary alicyclic amines) is 1. The lowest BCUT2D eigenvalue weighted by Crippen LogP contribution is -2.62. The molecule has 1 aliphatic carbocycles. The van der Waals surface area contributed by atoms with Crippen LogP contribution in [-0.2, 0) is 14.3 Å². The molecule has 2 amide bonds. The van der Waals surface area contributed by atoms with Crippen molar-refractivity contribution in [1.29, 1.82) is 0 Å². The van der Waals surface area contributed by atoms with E-state index < -0.39 is 17.5 Å². The molecule has 0 bridgehead atoms. The Labute approximate surface area is 206 Å². The highest BCUT2D eigenvalue weighted by Gasteiger charge is 2.49. The third-order valence-corrected chi connectivity index (χ3v) is 7.46. The van der Waals surface area contributed by atoms with Gasteiger partial charge in [0.25, 0.3) is 0 Å². The minimum Gasteiger partial charge on any atom is -0.481 e. The molecule has 1 saturated heterocycles. The maximum Gasteiger partial charge on any atom is 0.407 e. The molecule has 2 aliphatic rings. The van der Waals surface area contributed by atoms with Gasteiger partial charge in [0.2, 0.25) is 5.91 Å². The van der Waals surface area contributed by atoms with Crippen LogP contribution < -0.4 is 5.32 Å². The summed E-state index contributed by atoms with van der Waals surface area (Å²) >= 11 is 0. The fraction of sp³-hybridized carbons (Fsp3) is 0.464. The van der Waals surface area contributed by atoms with Crippen molar-refractivity contribution in [2.75, 3.05) is 19.7 Å². The van der Waals surface area contributed by atoms with E-state index >= 15 is 0 Å². The second kappa shape index (κ2) is 10.5. The van der Waals surface area contributed by atoms with Gasteiger partial charge in [-0.25, -0.2) is 4.79 Å². The van der Waals surface area contributed by atoms with Crippen LogP contribution in [0.4, 0.5) is 4.79 Å². The Bertz CT molecular complexity index is 1050. The average molecular weight is 479 g/mol. The number of carboxylic acid groups (broad SMARTS) is 1. The van der Waals surface area contributed by atoms with Crippen LogP contribution in [0, 0.1) is 5.41 Å². The molecule has 0 radical (unpaired) electrons. The monoisotopic (exact) mass is 478 g/mol. The van der Waals surface area contributed by atoms with Gasteiger partial charge in [-0.2, -0.15) is 0 Å². The maximum absolute atomic E-state index is 12.8. The first-order chi connectivity index (χ1) is 16.9. The number of carbonyl (C=O) groups excluding carboxylic acids is 2. The van der Waals surface area contributed by atoms with Gasteiger partial charge in [0, 0.05) is 31.5 Å². The number of rotatable bonds is 10. The molecule has 186 valence electrons. The molecule has 0 spiro atoms. The highest BCUT2D eigenvalue weighted by Crippen LogP contribution is 2.44. The molecule has 35 heavy (non-hydrogen) atoms. The highest BCUT2D eigenvalue weighted by atomic mass is 16.5. The van der Waals surface area contributed by atoms with E-state index in [2.05, 4.69) is 36.5 Å². The Morgan fingerprint density at radius 1 is 1.06 bits per heavy atom. The van der Waals surface area contributed by atoms with Crippen molar-refractivity contribution in [2.24, 2.45) is 5.41 Å². The van der Waals surface area contributed by atoms with Crippen LogP contribution in [0.15, 0.2) is 48.5 Å². The number of hydrogen-bond acceptors (Lipinski definition) is 4. The summed E-state index contributed by atoms with van der Waals surface area (Å²) in [7, 11) is 0. The summed E-state index contributed by atoms with van der Waals surface area (Å²) in [4.78, 5) is 38.6. The quantitative estimate of drug-likeness (QED) is 0.512. The van der Waals surface area contributed by atoms with E-state index in [9.17, 15) is 19.5 Å². The Balaban J connectivity index is 1.35. The van der Waals surface area contributed by atoms with Gasteiger partial charge < -0.3 is 20.1 Å². The third kappa shape index (κ3) is 5.04. The largest absolute Gasteiger partial charge is 0.481 e. The van der Waals surface area contributed by atoms with E-state index in [4.69, 9.17) is 4.74 Å². The van der Waals surface area contributed by atoms with Gasteiger partial charge >= 0.3 is 12.1 Å². The van der Waals surface area contributed by atoms with Gasteiger partial charge in [0.1, 0.15) is 12.0 Å². The van der Waals surface area contributed by atoms with Crippen molar-refractivity contribution in [3.63, 3.8) is 0 Å². The van der Waals surface area contributed by atoms with Crippen molar-refractivity contribution in [3.8, 4) is 11.1 Å². The lowest BCUT2D eigenvalue weighted by Gasteiger charge is -2.47. The van der Waals surface area contributed by atoms with Crippen LogP contribution in [0.1, 0.15) is 63.0 Å². The van der Waals surface area contributed by atoms with Crippen molar-refractivity contribution < 1.29 is 24.2 Å². The van der Waals surface area contributed by atoms with E-state index in [1.54, 1.807) is 4.90 Å². The summed E-state index contributed by atoms with van der Waals surface area (Å²) in [6, 6.07) is 16.0. The molecular formula is C28H34N2O5. The standard InChI is InChI=1S/C28H34N2O5/c1-3-5-10-19(15-25(31)30-17-28(4-2,18-30)26(32)33)29-27(34)35-16-24-22-13-8-6-11-20(22)21-12-7-9-14-23(21)24/h6-9,11-14,19,24H,3-5,10,15-18H2,1-2H3,(H,29,34)(H,32,33)/t19-/m0/s1. The summed E-state index contributed by atoms with van der Waals surface area (Å²) in [5.74, 6) is -1.01. The lowest BCUT2D eigenvalue weighted by atomic mass is 9.77. The molecule has 0 saturated carbocycles. The smallest absolute Gasteiger partial charge is 0.407 e. The van der Waals surface area contributed by atoms with E-state index in [0.717, 1.165) is 24.0 Å². The van der Waals surface area contributed by atoms with Crippen LogP contribution in [0.2, 0.25) is 0 Å². The van der Waals surface area contributed by atoms with Crippen molar-refractivity contribution in [1.82, 2.24) is 10.2 Å². The molecule has 1 atom stereocenters. The zero-order chi connectivity index (χ0) is 25.0. The number of benzene rings is 2. The SMILES string of the molecule is CCCC[C@@H](CC(=O)N1CC(CC)(C(=O)O)C1)NC(=O)OCC1c2ccccc2-c2ccccc21. The molecule has 1 fully saturated rings. The Hall–Kier alpha value is -3.35. The maximum atomic E-state index is 12.8. The van der Waals surface area contributed by atoms with E-state index in [-0.39, 0.29) is 44.0 Å². The molecular weight excluding hydrogens is 444 g/mol. The van der Waals surface area contributed by atoms with Crippen LogP contribution >= 0.6 is 0 Å². The van der Waals surface area contributed by atoms with Crippen LogP contribution in [0.25, 0.3) is 11.1 Å². The van der Waals surface area contributed by atoms with Crippen LogP contribution in [0.5, 0.6) is 0 Å². The summed E-state index contributed by atoms with van der Waals surface area (Å²) in [6.45, 7) is 4.56. The second-order valence-electron chi connectivity index (χ2n) is 9.70. The van der Waals surface area contributed by atoms with Crippen LogP contribution in [0.3, 0.4) is 0 Å². The number of ether oxygens (including phenoxy) is 1. The molecule has 0 unspecified atom stereocenters. The Morgan fingerprint density at radius 3 is 2.20 bits per heavy atom. The number of nitrogens with one attached hydrogen (secondary N) is 1. The van der Waals surface area contributed by atoms with Gasteiger partial charge in [-0.15, -0.1) is 0 Å². The van der Waals surface area contributed by atoms with Gasteiger partial charge in [0.15, 0.2) is 0 Å². The Morgan fingerprint density at radius 2 is 1.66 bits per heavy atom. The molecule has 1 heterocycles. The first kappa shape index (κ1) is 24.8. The number of amides is 2. The van der Waals surface area contributed by atoms with E-state index in [1.165, 1.54) is 11.1 Å². The molecule has 2 aromatic carbocycles. The van der Waals surface area contributed by atoms with Crippen molar-refractivity contribution in [3.05, 3.63) is 59.7 Å². The van der Waals surface area contributed by atoms with Crippen molar-refractivity contribution >= 4 is 18.0 Å². The molecule has 4 rings (SSSR count).